The van der Waals surface area contributed by atoms with Crippen LogP contribution in [0.25, 0.3) is 5.57 Å². The van der Waals surface area contributed by atoms with Crippen molar-refractivity contribution < 1.29 is 13.2 Å². The van der Waals surface area contributed by atoms with Crippen LogP contribution in [0.1, 0.15) is 11.3 Å². The van der Waals surface area contributed by atoms with Gasteiger partial charge in [-0.2, -0.15) is 13.2 Å². The number of hydrogen-bond donors (Lipinski definition) is 0. The zero-order valence-corrected chi connectivity index (χ0v) is 7.86. The first-order valence-corrected chi connectivity index (χ1v) is 4.26. The molecule has 0 aliphatic heterocycles. The molecule has 0 atom stereocenters. The molecule has 0 amide bonds. The highest BCUT2D eigenvalue weighted by molar-refractivity contribution is 6.22. The average Bonchev–Trinajstić information content (AvgIpc) is 2.15. The third kappa shape index (κ3) is 2.48. The molecule has 0 spiro atoms. The number of nitrogens with zero attached hydrogens (tertiary/aromatic N) is 1. The fourth-order valence-electron chi connectivity index (χ4n) is 0.839. The molecule has 1 aromatic rings. The van der Waals surface area contributed by atoms with Crippen molar-refractivity contribution in [3.63, 3.8) is 0 Å². The van der Waals surface area contributed by atoms with Crippen LogP contribution in [-0.2, 0) is 6.18 Å². The summed E-state index contributed by atoms with van der Waals surface area (Å²) in [7, 11) is 0. The predicted molar refractivity (Wildman–Crippen MR) is 49.0 cm³/mol. The number of hydrogen-bond acceptors (Lipinski definition) is 1. The third-order valence-corrected chi connectivity index (χ3v) is 1.94. The molecule has 0 aliphatic rings. The van der Waals surface area contributed by atoms with Gasteiger partial charge in [0.15, 0.2) is 0 Å². The van der Waals surface area contributed by atoms with Gasteiger partial charge in [-0.3, -0.25) is 4.98 Å². The van der Waals surface area contributed by atoms with Crippen molar-refractivity contribution in [3.05, 3.63) is 36.2 Å². The first kappa shape index (κ1) is 11.0. The second-order valence-electron chi connectivity index (χ2n) is 2.67. The zero-order valence-electron chi connectivity index (χ0n) is 7.11. The molecule has 1 aromatic heterocycles. The molecule has 0 aromatic carbocycles. The van der Waals surface area contributed by atoms with Crippen molar-refractivity contribution >= 4 is 17.2 Å². The number of aromatic nitrogens is 1. The molecule has 0 saturated carbocycles. The van der Waals surface area contributed by atoms with Crippen molar-refractivity contribution in [2.24, 2.45) is 0 Å². The van der Waals surface area contributed by atoms with Crippen molar-refractivity contribution in [1.82, 2.24) is 4.98 Å². The van der Waals surface area contributed by atoms with Crippen molar-refractivity contribution in [2.45, 2.75) is 6.18 Å². The molecular formula is C9H7ClF3N. The van der Waals surface area contributed by atoms with Gasteiger partial charge in [0.2, 0.25) is 0 Å². The minimum Gasteiger partial charge on any atom is -0.256 e. The molecule has 0 N–H and O–H groups in total. The van der Waals surface area contributed by atoms with Crippen LogP contribution in [-0.4, -0.2) is 10.9 Å². The predicted octanol–water partition coefficient (Wildman–Crippen LogP) is 3.35. The Labute approximate surface area is 84.2 Å². The monoisotopic (exact) mass is 221 g/mol. The SMILES string of the molecule is C=C(CCl)c1ccc(C(F)(F)F)cn1. The van der Waals surface area contributed by atoms with Crippen LogP contribution in [0.15, 0.2) is 24.9 Å². The molecule has 0 bridgehead atoms. The molecule has 0 fully saturated rings. The van der Waals surface area contributed by atoms with Gasteiger partial charge in [-0.25, -0.2) is 0 Å². The van der Waals surface area contributed by atoms with Gasteiger partial charge in [-0.05, 0) is 17.7 Å². The zero-order chi connectivity index (χ0) is 10.8. The summed E-state index contributed by atoms with van der Waals surface area (Å²) in [5, 5.41) is 0. The normalized spacial score (nSPS) is 11.4. The molecular weight excluding hydrogens is 215 g/mol. The van der Waals surface area contributed by atoms with Gasteiger partial charge >= 0.3 is 6.18 Å². The summed E-state index contributed by atoms with van der Waals surface area (Å²) in [5.41, 5.74) is 0.108. The molecule has 1 heterocycles. The Morgan fingerprint density at radius 2 is 2.07 bits per heavy atom. The highest BCUT2D eigenvalue weighted by Gasteiger charge is 2.30. The Morgan fingerprint density at radius 1 is 1.43 bits per heavy atom. The van der Waals surface area contributed by atoms with E-state index < -0.39 is 11.7 Å². The van der Waals surface area contributed by atoms with E-state index in [1.165, 1.54) is 6.07 Å². The van der Waals surface area contributed by atoms with E-state index >= 15 is 0 Å². The number of alkyl halides is 4. The number of rotatable bonds is 2. The molecule has 76 valence electrons. The largest absolute Gasteiger partial charge is 0.417 e. The van der Waals surface area contributed by atoms with Gasteiger partial charge in [0, 0.05) is 12.1 Å². The summed E-state index contributed by atoms with van der Waals surface area (Å²) < 4.78 is 36.3. The Balaban J connectivity index is 2.95. The van der Waals surface area contributed by atoms with E-state index in [-0.39, 0.29) is 5.88 Å². The van der Waals surface area contributed by atoms with Crippen molar-refractivity contribution in [2.75, 3.05) is 5.88 Å². The molecule has 1 nitrogen and oxygen atoms in total. The molecule has 0 radical (unpaired) electrons. The summed E-state index contributed by atoms with van der Waals surface area (Å²) in [5.74, 6) is 0.151. The lowest BCUT2D eigenvalue weighted by Crippen LogP contribution is -2.05. The van der Waals surface area contributed by atoms with Crippen LogP contribution in [0.2, 0.25) is 0 Å². The summed E-state index contributed by atoms with van der Waals surface area (Å²) in [6.45, 7) is 3.56. The van der Waals surface area contributed by atoms with Crippen LogP contribution in [0.5, 0.6) is 0 Å². The van der Waals surface area contributed by atoms with Gasteiger partial charge in [0.25, 0.3) is 0 Å². The van der Waals surface area contributed by atoms with Gasteiger partial charge in [0.05, 0.1) is 11.3 Å². The lowest BCUT2D eigenvalue weighted by Gasteiger charge is -2.06. The Bertz CT molecular complexity index is 329. The third-order valence-electron chi connectivity index (χ3n) is 1.61. The molecule has 5 heteroatoms. The Kier molecular flexibility index (Phi) is 3.16. The summed E-state index contributed by atoms with van der Waals surface area (Å²) in [6, 6.07) is 2.22. The van der Waals surface area contributed by atoms with E-state index in [2.05, 4.69) is 11.6 Å². The van der Waals surface area contributed by atoms with Crippen molar-refractivity contribution in [3.8, 4) is 0 Å². The van der Waals surface area contributed by atoms with Gasteiger partial charge in [0.1, 0.15) is 0 Å². The van der Waals surface area contributed by atoms with Crippen LogP contribution >= 0.6 is 11.6 Å². The number of allylic oxidation sites excluding steroid dienone is 1. The smallest absolute Gasteiger partial charge is 0.256 e. The first-order valence-electron chi connectivity index (χ1n) is 3.72. The quantitative estimate of drug-likeness (QED) is 0.698. The van der Waals surface area contributed by atoms with Gasteiger partial charge < -0.3 is 0 Å². The second-order valence-corrected chi connectivity index (χ2v) is 2.93. The Morgan fingerprint density at radius 3 is 2.43 bits per heavy atom. The molecule has 14 heavy (non-hydrogen) atoms. The maximum atomic E-state index is 12.1. The standard InChI is InChI=1S/C9H7ClF3N/c1-6(4-10)8-3-2-7(5-14-8)9(11,12)13/h2-3,5H,1,4H2. The average molecular weight is 222 g/mol. The molecule has 1 rings (SSSR count). The van der Waals surface area contributed by atoms with Crippen LogP contribution in [0.4, 0.5) is 13.2 Å². The fraction of sp³-hybridized carbons (Fsp3) is 0.222. The van der Waals surface area contributed by atoms with E-state index in [1.807, 2.05) is 0 Å². The van der Waals surface area contributed by atoms with Crippen LogP contribution in [0, 0.1) is 0 Å². The molecule has 0 unspecified atom stereocenters. The van der Waals surface area contributed by atoms with Crippen LogP contribution < -0.4 is 0 Å². The highest BCUT2D eigenvalue weighted by Crippen LogP contribution is 2.28. The molecule has 0 saturated heterocycles. The summed E-state index contributed by atoms with van der Waals surface area (Å²) in [6.07, 6.45) is -3.58. The van der Waals surface area contributed by atoms with Crippen LogP contribution in [0.3, 0.4) is 0 Å². The minimum absolute atomic E-state index is 0.151. The van der Waals surface area contributed by atoms with E-state index in [4.69, 9.17) is 11.6 Å². The fourth-order valence-corrected chi connectivity index (χ4v) is 0.976. The second kappa shape index (κ2) is 4.00. The molecule has 0 aliphatic carbocycles. The topological polar surface area (TPSA) is 12.9 Å². The lowest BCUT2D eigenvalue weighted by molar-refractivity contribution is -0.137. The summed E-state index contributed by atoms with van der Waals surface area (Å²) >= 11 is 5.45. The highest BCUT2D eigenvalue weighted by atomic mass is 35.5. The maximum Gasteiger partial charge on any atom is 0.417 e. The van der Waals surface area contributed by atoms with Crippen molar-refractivity contribution in [1.29, 1.82) is 0 Å². The lowest BCUT2D eigenvalue weighted by atomic mass is 10.2. The first-order chi connectivity index (χ1) is 6.45. The van der Waals surface area contributed by atoms with E-state index in [0.29, 0.717) is 11.3 Å². The minimum atomic E-state index is -4.35. The maximum absolute atomic E-state index is 12.1. The number of pyridine rings is 1. The van der Waals surface area contributed by atoms with E-state index in [9.17, 15) is 13.2 Å². The van der Waals surface area contributed by atoms with Gasteiger partial charge in [-0.1, -0.05) is 6.58 Å². The van der Waals surface area contributed by atoms with E-state index in [1.54, 1.807) is 0 Å². The Hall–Kier alpha value is -1.03. The van der Waals surface area contributed by atoms with Gasteiger partial charge in [-0.15, -0.1) is 11.6 Å². The number of halogens is 4. The summed E-state index contributed by atoms with van der Waals surface area (Å²) in [4.78, 5) is 3.61. The van der Waals surface area contributed by atoms with E-state index in [0.717, 1.165) is 12.3 Å².